The molecule has 1 aliphatic rings. The molecule has 17 heteroatoms. The largest absolute Gasteiger partial charge is 0.420 e. The fourth-order valence-corrected chi connectivity index (χ4v) is 7.58. The van der Waals surface area contributed by atoms with Crippen LogP contribution in [0.3, 0.4) is 0 Å². The second-order valence-electron chi connectivity index (χ2n) is 15.0. The Balaban J connectivity index is 0.000000305. The normalized spacial score (nSPS) is 13.1. The SMILES string of the molecule is C1CCOC1.CP=S.[C-]#[N+]c1ccc(-c2nnc([C@H](Cc3ccc([N+]#[C-])c(Cl)c3CC)[C@@H](C)O)o2)cc1.[C-]#[N+]c1ccc(C[C@@H](C(=O)NCC(=O)c2ccc(C#N)cc2)[C@@H](C)O)c(CC)c1Cl. The van der Waals surface area contributed by atoms with Crippen molar-refractivity contribution in [2.45, 2.75) is 84.3 Å². The molecule has 67 heavy (non-hydrogen) atoms. The Morgan fingerprint density at radius 3 is 1.81 bits per heavy atom. The second kappa shape index (κ2) is 29.0. The minimum Gasteiger partial charge on any atom is -0.420 e. The maximum atomic E-state index is 12.7. The van der Waals surface area contributed by atoms with E-state index in [1.54, 1.807) is 49.4 Å². The lowest BCUT2D eigenvalue weighted by atomic mass is 9.90. The number of halogens is 2. The molecule has 1 saturated heterocycles. The fourth-order valence-electron chi connectivity index (χ4n) is 6.86. The topological polar surface area (TPSA) is 172 Å². The summed E-state index contributed by atoms with van der Waals surface area (Å²) in [6.45, 7) is 32.2. The molecule has 13 nitrogen and oxygen atoms in total. The van der Waals surface area contributed by atoms with E-state index in [1.807, 2.05) is 32.6 Å². The number of nitrogens with zero attached hydrogens (tertiary/aromatic N) is 6. The molecule has 1 aromatic heterocycles. The summed E-state index contributed by atoms with van der Waals surface area (Å²) in [6, 6.07) is 21.9. The lowest BCUT2D eigenvalue weighted by Gasteiger charge is -2.21. The van der Waals surface area contributed by atoms with Crippen LogP contribution in [-0.4, -0.2) is 70.7 Å². The maximum Gasteiger partial charge on any atom is 0.247 e. The standard InChI is InChI=1S/C23H22ClN3O3.C22H19ClN4O2.C4H8O.CH3PS/c1-4-18-17(9-10-20(26-3)22(18)24)11-19(14(2)28)23(30)27-13-21(29)16-7-5-15(12-25)6-8-16;1-5-17-15(8-11-19(25-4)20(17)23)12-18(13(2)28)22-27-26-21(29-22)14-6-9-16(24-3)10-7-14;1-2-4-5-3-1;1-2-3/h5-10,14,19,28H,4,11,13H2,1-2H3,(H,27,30);6-11,13,18,28H,5,12H2,1-2H3;1-4H2;1H3/t14-,19-;13-,18-;;/m11../s1. The van der Waals surface area contributed by atoms with Gasteiger partial charge in [0, 0.05) is 24.3 Å². The molecule has 1 fully saturated rings. The zero-order valence-corrected chi connectivity index (χ0v) is 41.1. The van der Waals surface area contributed by atoms with Crippen molar-refractivity contribution in [1.82, 2.24) is 15.5 Å². The van der Waals surface area contributed by atoms with Crippen LogP contribution in [0.2, 0.25) is 10.0 Å². The van der Waals surface area contributed by atoms with Gasteiger partial charge in [-0.25, -0.2) is 14.5 Å². The molecule has 0 saturated carbocycles. The number of aromatic nitrogens is 2. The second-order valence-corrected chi connectivity index (χ2v) is 17.3. The summed E-state index contributed by atoms with van der Waals surface area (Å²) in [5.74, 6) is -1.27. The number of aliphatic hydroxyl groups excluding tert-OH is 2. The molecule has 0 aliphatic carbocycles. The van der Waals surface area contributed by atoms with Crippen LogP contribution in [-0.2, 0) is 47.0 Å². The number of ether oxygens (including phenoxy) is 1. The molecular weight excluding hydrogens is 929 g/mol. The Hall–Kier alpha value is -5.90. The molecule has 0 radical (unpaired) electrons. The number of Topliss-reactive ketones (excluding diaryl/α,β-unsaturated/α-hetero) is 1. The zero-order chi connectivity index (χ0) is 49.5. The first-order chi connectivity index (χ1) is 32.2. The Morgan fingerprint density at radius 2 is 1.37 bits per heavy atom. The Morgan fingerprint density at radius 1 is 0.836 bits per heavy atom. The fraction of sp³-hybridized carbons (Fsp3) is 0.360. The number of rotatable bonds is 14. The van der Waals surface area contributed by atoms with Gasteiger partial charge in [0.25, 0.3) is 0 Å². The average molecular weight is 981 g/mol. The minimum absolute atomic E-state index is 0.216. The van der Waals surface area contributed by atoms with Gasteiger partial charge in [-0.15, -0.1) is 10.2 Å². The van der Waals surface area contributed by atoms with E-state index in [0.29, 0.717) is 74.8 Å². The summed E-state index contributed by atoms with van der Waals surface area (Å²) in [5.41, 5.74) is 6.23. The molecule has 0 bridgehead atoms. The summed E-state index contributed by atoms with van der Waals surface area (Å²) >= 11 is 17.1. The van der Waals surface area contributed by atoms with E-state index in [9.17, 15) is 19.8 Å². The van der Waals surface area contributed by atoms with Crippen LogP contribution in [0.25, 0.3) is 26.0 Å². The van der Waals surface area contributed by atoms with Gasteiger partial charge in [-0.1, -0.05) is 110 Å². The molecule has 3 N–H and O–H groups in total. The van der Waals surface area contributed by atoms with Crippen molar-refractivity contribution in [3.63, 3.8) is 0 Å². The first kappa shape index (κ1) is 55.4. The van der Waals surface area contributed by atoms with Gasteiger partial charge in [0.05, 0.1) is 72.0 Å². The van der Waals surface area contributed by atoms with Crippen molar-refractivity contribution >= 4 is 71.1 Å². The number of aliphatic hydroxyl groups is 2. The van der Waals surface area contributed by atoms with Crippen molar-refractivity contribution in [3.05, 3.63) is 156 Å². The summed E-state index contributed by atoms with van der Waals surface area (Å²) in [5, 5.41) is 41.0. The molecule has 0 unspecified atom stereocenters. The highest BCUT2D eigenvalue weighted by Crippen LogP contribution is 2.36. The number of benzene rings is 4. The number of amides is 1. The molecule has 4 atom stereocenters. The van der Waals surface area contributed by atoms with Gasteiger partial charge in [-0.2, -0.15) is 5.26 Å². The lowest BCUT2D eigenvalue weighted by Crippen LogP contribution is -2.40. The molecule has 0 spiro atoms. The third-order valence-electron chi connectivity index (χ3n) is 10.6. The van der Waals surface area contributed by atoms with E-state index >= 15 is 0 Å². The summed E-state index contributed by atoms with van der Waals surface area (Å²) < 4.78 is 10.8. The van der Waals surface area contributed by atoms with Gasteiger partial charge in [0.15, 0.2) is 11.5 Å². The van der Waals surface area contributed by atoms with Gasteiger partial charge in [-0.3, -0.25) is 9.59 Å². The number of carbonyl (C=O) groups is 2. The average Bonchev–Trinajstić information content (AvgIpc) is 4.09. The lowest BCUT2D eigenvalue weighted by molar-refractivity contribution is -0.127. The molecule has 6 rings (SSSR count). The highest BCUT2D eigenvalue weighted by molar-refractivity contribution is 7.96. The zero-order valence-electron chi connectivity index (χ0n) is 37.9. The first-order valence-corrected chi connectivity index (χ1v) is 24.5. The van der Waals surface area contributed by atoms with Crippen LogP contribution in [0.4, 0.5) is 17.1 Å². The smallest absolute Gasteiger partial charge is 0.247 e. The number of hydrogen-bond acceptors (Lipinski definition) is 10. The van der Waals surface area contributed by atoms with Gasteiger partial charge in [0.1, 0.15) is 0 Å². The van der Waals surface area contributed by atoms with Gasteiger partial charge >= 0.3 is 0 Å². The van der Waals surface area contributed by atoms with Crippen LogP contribution < -0.4 is 5.32 Å². The molecule has 1 amide bonds. The first-order valence-electron chi connectivity index (χ1n) is 21.3. The van der Waals surface area contributed by atoms with Crippen molar-refractivity contribution in [2.24, 2.45) is 5.92 Å². The molecule has 2 heterocycles. The number of ketones is 1. The summed E-state index contributed by atoms with van der Waals surface area (Å²) in [7, 11) is 1.00. The quantitative estimate of drug-likeness (QED) is 0.0552. The van der Waals surface area contributed by atoms with E-state index in [1.165, 1.54) is 44.0 Å². The molecule has 1 aliphatic heterocycles. The van der Waals surface area contributed by atoms with E-state index in [0.717, 1.165) is 42.8 Å². The van der Waals surface area contributed by atoms with Crippen molar-refractivity contribution in [3.8, 4) is 17.5 Å². The van der Waals surface area contributed by atoms with Crippen molar-refractivity contribution in [1.29, 1.82) is 5.26 Å². The van der Waals surface area contributed by atoms with Gasteiger partial charge in [0.2, 0.25) is 29.1 Å². The summed E-state index contributed by atoms with van der Waals surface area (Å²) in [4.78, 5) is 35.2. The minimum atomic E-state index is -0.945. The van der Waals surface area contributed by atoms with Gasteiger partial charge in [-0.05, 0) is 101 Å². The predicted octanol–water partition coefficient (Wildman–Crippen LogP) is 11.4. The third-order valence-corrected chi connectivity index (χ3v) is 11.4. The number of carbonyl (C=O) groups excluding carboxylic acids is 2. The highest BCUT2D eigenvalue weighted by atomic mass is 35.5. The Kier molecular flexibility index (Phi) is 24.0. The van der Waals surface area contributed by atoms with Crippen LogP contribution in [0.5, 0.6) is 0 Å². The number of nitriles is 1. The van der Waals surface area contributed by atoms with Crippen LogP contribution >= 0.6 is 30.6 Å². The highest BCUT2D eigenvalue weighted by Gasteiger charge is 2.28. The van der Waals surface area contributed by atoms with Crippen LogP contribution in [0.15, 0.2) is 77.2 Å². The van der Waals surface area contributed by atoms with E-state index < -0.39 is 30.0 Å². The number of nitrogens with one attached hydrogen (secondary N) is 1. The van der Waals surface area contributed by atoms with E-state index in [4.69, 9.17) is 57.3 Å². The number of hydrogen-bond donors (Lipinski definition) is 3. The predicted molar refractivity (Wildman–Crippen MR) is 266 cm³/mol. The van der Waals surface area contributed by atoms with Crippen molar-refractivity contribution in [2.75, 3.05) is 26.4 Å². The monoisotopic (exact) mass is 979 g/mol. The van der Waals surface area contributed by atoms with E-state index in [-0.39, 0.29) is 18.7 Å². The molecule has 4 aromatic carbocycles. The van der Waals surface area contributed by atoms with Crippen molar-refractivity contribution < 1.29 is 29.0 Å². The van der Waals surface area contributed by atoms with E-state index in [2.05, 4.69) is 41.9 Å². The van der Waals surface area contributed by atoms with Crippen LogP contribution in [0, 0.1) is 37.0 Å². The maximum absolute atomic E-state index is 12.7. The Bertz CT molecular complexity index is 2600. The molecular formula is C50H52Cl2N7O6PS. The van der Waals surface area contributed by atoms with Gasteiger partial charge < -0.3 is 24.7 Å². The summed E-state index contributed by atoms with van der Waals surface area (Å²) in [6.07, 6.45) is 2.83. The van der Waals surface area contributed by atoms with Crippen LogP contribution in [0.1, 0.15) is 90.5 Å². The Labute approximate surface area is 409 Å². The molecule has 5 aromatic rings. The third kappa shape index (κ3) is 16.4. The molecule has 348 valence electrons.